The third kappa shape index (κ3) is 4.31. The van der Waals surface area contributed by atoms with Crippen molar-refractivity contribution in [2.24, 2.45) is 0 Å². The molecule has 1 N–H and O–H groups in total. The molecule has 0 radical (unpaired) electrons. The molecule has 0 aliphatic carbocycles. The summed E-state index contributed by atoms with van der Waals surface area (Å²) < 4.78 is 4.51. The number of phenols is 1. The van der Waals surface area contributed by atoms with Crippen LogP contribution in [0.2, 0.25) is 0 Å². The number of benzene rings is 1. The second-order valence-corrected chi connectivity index (χ2v) is 3.11. The zero-order chi connectivity index (χ0) is 11.1. The monoisotopic (exact) mass is 206 g/mol. The highest BCUT2D eigenvalue weighted by Crippen LogP contribution is 2.11. The Bertz CT molecular complexity index is 338. The molecule has 3 heteroatoms. The molecule has 1 rings (SSSR count). The average molecular weight is 206 g/mol. The minimum atomic E-state index is -0.203. The molecule has 0 aliphatic heterocycles. The molecule has 0 saturated heterocycles. The maximum Gasteiger partial charge on any atom is 0.305 e. The minimum Gasteiger partial charge on any atom is -0.508 e. The maximum atomic E-state index is 10.8. The normalized spacial score (nSPS) is 10.5. The highest BCUT2D eigenvalue weighted by molar-refractivity contribution is 5.69. The van der Waals surface area contributed by atoms with Crippen LogP contribution in [0.3, 0.4) is 0 Å². The molecule has 0 aliphatic rings. The average Bonchev–Trinajstić information content (AvgIpc) is 2.26. The van der Waals surface area contributed by atoms with Crippen molar-refractivity contribution in [1.82, 2.24) is 0 Å². The fraction of sp³-hybridized carbons (Fsp3) is 0.250. The first kappa shape index (κ1) is 11.3. The summed E-state index contributed by atoms with van der Waals surface area (Å²) in [5.41, 5.74) is 0.998. The Labute approximate surface area is 89.0 Å². The van der Waals surface area contributed by atoms with Crippen molar-refractivity contribution in [3.05, 3.63) is 35.9 Å². The number of esters is 1. The Hall–Kier alpha value is -1.77. The lowest BCUT2D eigenvalue weighted by atomic mass is 10.2. The highest BCUT2D eigenvalue weighted by Gasteiger charge is 1.95. The van der Waals surface area contributed by atoms with E-state index < -0.39 is 0 Å². The fourth-order valence-electron chi connectivity index (χ4n) is 1.11. The van der Waals surface area contributed by atoms with Gasteiger partial charge in [-0.25, -0.2) is 0 Å². The van der Waals surface area contributed by atoms with E-state index in [4.69, 9.17) is 5.11 Å². The van der Waals surface area contributed by atoms with Crippen molar-refractivity contribution in [3.8, 4) is 5.75 Å². The second kappa shape index (κ2) is 5.86. The first-order valence-corrected chi connectivity index (χ1v) is 4.75. The largest absolute Gasteiger partial charge is 0.508 e. The van der Waals surface area contributed by atoms with E-state index in [2.05, 4.69) is 4.74 Å². The van der Waals surface area contributed by atoms with Gasteiger partial charge in [0.2, 0.25) is 0 Å². The van der Waals surface area contributed by atoms with Crippen LogP contribution in [-0.2, 0) is 9.53 Å². The lowest BCUT2D eigenvalue weighted by molar-refractivity contribution is -0.140. The van der Waals surface area contributed by atoms with E-state index in [0.29, 0.717) is 12.8 Å². The van der Waals surface area contributed by atoms with Crippen LogP contribution in [0.25, 0.3) is 6.08 Å². The topological polar surface area (TPSA) is 46.5 Å². The van der Waals surface area contributed by atoms with Gasteiger partial charge in [-0.05, 0) is 24.1 Å². The molecule has 3 nitrogen and oxygen atoms in total. The van der Waals surface area contributed by atoms with Gasteiger partial charge < -0.3 is 9.84 Å². The number of rotatable bonds is 4. The summed E-state index contributed by atoms with van der Waals surface area (Å²) >= 11 is 0. The number of phenolic OH excluding ortho intramolecular Hbond substituents is 1. The van der Waals surface area contributed by atoms with Crippen molar-refractivity contribution in [2.45, 2.75) is 12.8 Å². The van der Waals surface area contributed by atoms with E-state index in [-0.39, 0.29) is 11.7 Å². The van der Waals surface area contributed by atoms with E-state index in [0.717, 1.165) is 5.56 Å². The summed E-state index contributed by atoms with van der Waals surface area (Å²) in [6.45, 7) is 0. The first-order valence-electron chi connectivity index (χ1n) is 4.75. The lowest BCUT2D eigenvalue weighted by Gasteiger charge is -1.95. The summed E-state index contributed by atoms with van der Waals surface area (Å²) in [7, 11) is 1.38. The molecule has 80 valence electrons. The minimum absolute atomic E-state index is 0.203. The van der Waals surface area contributed by atoms with Crippen LogP contribution in [0.4, 0.5) is 0 Å². The van der Waals surface area contributed by atoms with Crippen LogP contribution in [0.15, 0.2) is 30.3 Å². The van der Waals surface area contributed by atoms with Crippen LogP contribution in [0, 0.1) is 0 Å². The SMILES string of the molecule is COC(=O)CC/C=C/c1ccc(O)cc1. The molecule has 1 aromatic rings. The summed E-state index contributed by atoms with van der Waals surface area (Å²) in [5, 5.41) is 9.05. The quantitative estimate of drug-likeness (QED) is 0.769. The molecule has 0 heterocycles. The molecule has 0 spiro atoms. The molecular formula is C12H14O3. The van der Waals surface area contributed by atoms with Gasteiger partial charge in [-0.1, -0.05) is 24.3 Å². The van der Waals surface area contributed by atoms with E-state index in [9.17, 15) is 4.79 Å². The Morgan fingerprint density at radius 1 is 1.40 bits per heavy atom. The number of aromatic hydroxyl groups is 1. The van der Waals surface area contributed by atoms with Gasteiger partial charge in [-0.3, -0.25) is 4.79 Å². The Morgan fingerprint density at radius 3 is 2.67 bits per heavy atom. The zero-order valence-electron chi connectivity index (χ0n) is 8.64. The smallest absolute Gasteiger partial charge is 0.305 e. The standard InChI is InChI=1S/C12H14O3/c1-15-12(14)5-3-2-4-10-6-8-11(13)9-7-10/h2,4,6-9,13H,3,5H2,1H3/b4-2+. The van der Waals surface area contributed by atoms with Crippen molar-refractivity contribution in [3.63, 3.8) is 0 Å². The molecule has 0 aromatic heterocycles. The van der Waals surface area contributed by atoms with Crippen molar-refractivity contribution in [2.75, 3.05) is 7.11 Å². The molecular weight excluding hydrogens is 192 g/mol. The van der Waals surface area contributed by atoms with Crippen molar-refractivity contribution < 1.29 is 14.6 Å². The Kier molecular flexibility index (Phi) is 4.41. The number of carbonyl (C=O) groups is 1. The summed E-state index contributed by atoms with van der Waals surface area (Å²) in [4.78, 5) is 10.8. The van der Waals surface area contributed by atoms with Crippen LogP contribution in [-0.4, -0.2) is 18.2 Å². The van der Waals surface area contributed by atoms with Crippen LogP contribution < -0.4 is 0 Å². The lowest BCUT2D eigenvalue weighted by Crippen LogP contribution is -1.97. The Balaban J connectivity index is 2.38. The molecule has 0 atom stereocenters. The van der Waals surface area contributed by atoms with E-state index >= 15 is 0 Å². The van der Waals surface area contributed by atoms with Crippen molar-refractivity contribution >= 4 is 12.0 Å². The van der Waals surface area contributed by atoms with Gasteiger partial charge in [-0.2, -0.15) is 0 Å². The molecule has 0 unspecified atom stereocenters. The van der Waals surface area contributed by atoms with Gasteiger partial charge in [0.1, 0.15) is 5.75 Å². The van der Waals surface area contributed by atoms with Crippen LogP contribution in [0.1, 0.15) is 18.4 Å². The number of allylic oxidation sites excluding steroid dienone is 1. The number of hydrogen-bond donors (Lipinski definition) is 1. The van der Waals surface area contributed by atoms with Gasteiger partial charge in [0, 0.05) is 6.42 Å². The number of ether oxygens (including phenoxy) is 1. The van der Waals surface area contributed by atoms with Gasteiger partial charge in [0.25, 0.3) is 0 Å². The number of carbonyl (C=O) groups excluding carboxylic acids is 1. The molecule has 0 saturated carbocycles. The van der Waals surface area contributed by atoms with Crippen LogP contribution >= 0.6 is 0 Å². The van der Waals surface area contributed by atoms with Gasteiger partial charge >= 0.3 is 5.97 Å². The van der Waals surface area contributed by atoms with E-state index in [1.165, 1.54) is 7.11 Å². The number of methoxy groups -OCH3 is 1. The maximum absolute atomic E-state index is 10.8. The fourth-order valence-corrected chi connectivity index (χ4v) is 1.11. The van der Waals surface area contributed by atoms with Crippen LogP contribution in [0.5, 0.6) is 5.75 Å². The van der Waals surface area contributed by atoms with Crippen molar-refractivity contribution in [1.29, 1.82) is 0 Å². The summed E-state index contributed by atoms with van der Waals surface area (Å²) in [5.74, 6) is 0.0482. The number of hydrogen-bond acceptors (Lipinski definition) is 3. The highest BCUT2D eigenvalue weighted by atomic mass is 16.5. The second-order valence-electron chi connectivity index (χ2n) is 3.11. The molecule has 0 amide bonds. The molecule has 1 aromatic carbocycles. The zero-order valence-corrected chi connectivity index (χ0v) is 8.64. The Morgan fingerprint density at radius 2 is 2.07 bits per heavy atom. The molecule has 0 bridgehead atoms. The predicted octanol–water partition coefficient (Wildman–Crippen LogP) is 2.36. The third-order valence-electron chi connectivity index (χ3n) is 1.95. The predicted molar refractivity (Wildman–Crippen MR) is 58.4 cm³/mol. The van der Waals surface area contributed by atoms with Gasteiger partial charge in [0.05, 0.1) is 7.11 Å². The third-order valence-corrected chi connectivity index (χ3v) is 1.95. The van der Waals surface area contributed by atoms with E-state index in [1.807, 2.05) is 24.3 Å². The first-order chi connectivity index (χ1) is 7.22. The van der Waals surface area contributed by atoms with E-state index in [1.54, 1.807) is 12.1 Å². The van der Waals surface area contributed by atoms with Gasteiger partial charge in [-0.15, -0.1) is 0 Å². The summed E-state index contributed by atoms with van der Waals surface area (Å²) in [6.07, 6.45) is 4.87. The molecule has 15 heavy (non-hydrogen) atoms. The molecule has 0 fully saturated rings. The van der Waals surface area contributed by atoms with Gasteiger partial charge in [0.15, 0.2) is 0 Å². The summed E-state index contributed by atoms with van der Waals surface area (Å²) in [6, 6.07) is 6.87.